The van der Waals surface area contributed by atoms with Crippen LogP contribution in [0.5, 0.6) is 0 Å². The highest BCUT2D eigenvalue weighted by atomic mass is 35.5. The molecule has 1 fully saturated rings. The van der Waals surface area contributed by atoms with Crippen molar-refractivity contribution in [1.82, 2.24) is 0 Å². The normalized spacial score (nSPS) is 23.8. The lowest BCUT2D eigenvalue weighted by molar-refractivity contribution is 0.156. The van der Waals surface area contributed by atoms with Crippen LogP contribution in [-0.2, 0) is 4.74 Å². The van der Waals surface area contributed by atoms with E-state index in [0.717, 1.165) is 5.56 Å². The monoisotopic (exact) mass is 182 g/mol. The summed E-state index contributed by atoms with van der Waals surface area (Å²) in [5.41, 5.74) is 0.939. The molecule has 1 atom stereocenters. The maximum absolute atomic E-state index is 8.83. The molecule has 1 saturated heterocycles. The highest BCUT2D eigenvalue weighted by Crippen LogP contribution is 2.26. The van der Waals surface area contributed by atoms with Crippen LogP contribution in [0.25, 0.3) is 6.08 Å². The summed E-state index contributed by atoms with van der Waals surface area (Å²) >= 11 is 5.75. The fourth-order valence-corrected chi connectivity index (χ4v) is 1.16. The summed E-state index contributed by atoms with van der Waals surface area (Å²) in [6, 6.07) is 7.35. The Hall–Kier alpha value is -0.990. The van der Waals surface area contributed by atoms with Crippen molar-refractivity contribution in [3.8, 4) is 0 Å². The summed E-state index contributed by atoms with van der Waals surface area (Å²) in [7, 11) is 0. The Balaban J connectivity index is 2.24. The summed E-state index contributed by atoms with van der Waals surface area (Å²) < 4.78 is 4.73. The van der Waals surface area contributed by atoms with Crippen molar-refractivity contribution in [2.75, 3.05) is 0 Å². The van der Waals surface area contributed by atoms with Crippen LogP contribution in [0, 0.1) is 0 Å². The van der Waals surface area contributed by atoms with Crippen LogP contribution in [0.2, 0.25) is 5.02 Å². The molecule has 1 aliphatic heterocycles. The first-order chi connectivity index (χ1) is 5.75. The van der Waals surface area contributed by atoms with Gasteiger partial charge in [-0.2, -0.15) is 0 Å². The number of aliphatic hydroxyl groups is 1. The van der Waals surface area contributed by atoms with E-state index >= 15 is 0 Å². The van der Waals surface area contributed by atoms with Crippen molar-refractivity contribution in [1.29, 1.82) is 0 Å². The molecule has 12 heavy (non-hydrogen) atoms. The van der Waals surface area contributed by atoms with Gasteiger partial charge in [0, 0.05) is 5.02 Å². The van der Waals surface area contributed by atoms with Gasteiger partial charge in [-0.1, -0.05) is 23.7 Å². The molecular formula is C9H7ClO2. The molecule has 1 aromatic carbocycles. The Kier molecular flexibility index (Phi) is 1.79. The number of rotatable bonds is 1. The average Bonchev–Trinajstić information content (AvgIpc) is 2.66. The SMILES string of the molecule is OC1OC1=Cc1cccc(Cl)c1. The Morgan fingerprint density at radius 1 is 1.50 bits per heavy atom. The Bertz CT molecular complexity index is 333. The fourth-order valence-electron chi connectivity index (χ4n) is 0.961. The molecule has 62 valence electrons. The van der Waals surface area contributed by atoms with E-state index in [4.69, 9.17) is 21.4 Å². The van der Waals surface area contributed by atoms with Crippen LogP contribution < -0.4 is 0 Å². The van der Waals surface area contributed by atoms with Crippen molar-refractivity contribution >= 4 is 17.7 Å². The molecule has 3 heteroatoms. The Labute approximate surface area is 75.0 Å². The molecule has 2 nitrogen and oxygen atoms in total. The summed E-state index contributed by atoms with van der Waals surface area (Å²) in [4.78, 5) is 0. The number of halogens is 1. The standard InChI is InChI=1S/C9H7ClO2/c10-7-3-1-2-6(4-7)5-8-9(11)12-8/h1-5,9,11H. The van der Waals surface area contributed by atoms with Gasteiger partial charge in [0.1, 0.15) is 0 Å². The molecule has 1 N–H and O–H groups in total. The molecule has 1 aromatic rings. The molecule has 0 spiro atoms. The van der Waals surface area contributed by atoms with Crippen LogP contribution in [0.1, 0.15) is 5.56 Å². The van der Waals surface area contributed by atoms with Gasteiger partial charge in [0.25, 0.3) is 6.29 Å². The van der Waals surface area contributed by atoms with Crippen LogP contribution in [-0.4, -0.2) is 11.4 Å². The molecule has 0 bridgehead atoms. The number of benzene rings is 1. The van der Waals surface area contributed by atoms with E-state index in [-0.39, 0.29) is 0 Å². The summed E-state index contributed by atoms with van der Waals surface area (Å²) in [6.07, 6.45) is 1.06. The second kappa shape index (κ2) is 2.81. The zero-order valence-electron chi connectivity index (χ0n) is 6.20. The van der Waals surface area contributed by atoms with Gasteiger partial charge < -0.3 is 9.84 Å². The molecule has 0 aliphatic carbocycles. The highest BCUT2D eigenvalue weighted by molar-refractivity contribution is 6.30. The molecule has 0 radical (unpaired) electrons. The fraction of sp³-hybridized carbons (Fsp3) is 0.111. The van der Waals surface area contributed by atoms with E-state index in [9.17, 15) is 0 Å². The Morgan fingerprint density at radius 3 is 2.83 bits per heavy atom. The second-order valence-corrected chi connectivity index (χ2v) is 3.01. The molecule has 0 saturated carbocycles. The van der Waals surface area contributed by atoms with Crippen LogP contribution in [0.4, 0.5) is 0 Å². The molecule has 1 aliphatic rings. The lowest BCUT2D eigenvalue weighted by atomic mass is 10.2. The largest absolute Gasteiger partial charge is 0.455 e. The second-order valence-electron chi connectivity index (χ2n) is 2.57. The minimum atomic E-state index is -0.705. The van der Waals surface area contributed by atoms with Crippen LogP contribution in [0.15, 0.2) is 30.0 Å². The molecule has 0 amide bonds. The van der Waals surface area contributed by atoms with Gasteiger partial charge in [0.2, 0.25) is 0 Å². The van der Waals surface area contributed by atoms with Gasteiger partial charge in [-0.3, -0.25) is 0 Å². The van der Waals surface area contributed by atoms with Gasteiger partial charge in [0.15, 0.2) is 5.76 Å². The van der Waals surface area contributed by atoms with Gasteiger partial charge in [0.05, 0.1) is 0 Å². The van der Waals surface area contributed by atoms with Crippen molar-refractivity contribution in [2.45, 2.75) is 6.29 Å². The number of ether oxygens (including phenoxy) is 1. The molecular weight excluding hydrogens is 176 g/mol. The lowest BCUT2D eigenvalue weighted by Gasteiger charge is -1.90. The van der Waals surface area contributed by atoms with E-state index in [0.29, 0.717) is 10.8 Å². The number of hydrogen-bond acceptors (Lipinski definition) is 2. The summed E-state index contributed by atoms with van der Waals surface area (Å²) in [6.45, 7) is 0. The van der Waals surface area contributed by atoms with Crippen LogP contribution in [0.3, 0.4) is 0 Å². The first-order valence-electron chi connectivity index (χ1n) is 3.57. The first kappa shape index (κ1) is 7.65. The van der Waals surface area contributed by atoms with Gasteiger partial charge in [-0.15, -0.1) is 0 Å². The number of epoxide rings is 1. The van der Waals surface area contributed by atoms with Gasteiger partial charge in [-0.25, -0.2) is 0 Å². The maximum atomic E-state index is 8.83. The van der Waals surface area contributed by atoms with Gasteiger partial charge in [-0.05, 0) is 23.8 Å². The van der Waals surface area contributed by atoms with E-state index in [2.05, 4.69) is 0 Å². The maximum Gasteiger partial charge on any atom is 0.256 e. The number of aliphatic hydroxyl groups excluding tert-OH is 1. The third kappa shape index (κ3) is 1.60. The lowest BCUT2D eigenvalue weighted by Crippen LogP contribution is -1.74. The molecule has 1 unspecified atom stereocenters. The van der Waals surface area contributed by atoms with Gasteiger partial charge >= 0.3 is 0 Å². The van der Waals surface area contributed by atoms with E-state index < -0.39 is 6.29 Å². The average molecular weight is 183 g/mol. The minimum absolute atomic E-state index is 0.595. The van der Waals surface area contributed by atoms with E-state index in [1.165, 1.54) is 0 Å². The predicted octanol–water partition coefficient (Wildman–Crippen LogP) is 2.03. The quantitative estimate of drug-likeness (QED) is 0.675. The molecule has 2 rings (SSSR count). The van der Waals surface area contributed by atoms with Crippen molar-refractivity contribution in [3.63, 3.8) is 0 Å². The minimum Gasteiger partial charge on any atom is -0.455 e. The van der Waals surface area contributed by atoms with E-state index in [1.807, 2.05) is 18.2 Å². The first-order valence-corrected chi connectivity index (χ1v) is 3.95. The summed E-state index contributed by atoms with van der Waals surface area (Å²) in [5, 5.41) is 9.51. The zero-order chi connectivity index (χ0) is 8.55. The van der Waals surface area contributed by atoms with Crippen LogP contribution >= 0.6 is 11.6 Å². The van der Waals surface area contributed by atoms with Crippen molar-refractivity contribution in [2.24, 2.45) is 0 Å². The molecule has 0 aromatic heterocycles. The van der Waals surface area contributed by atoms with Crippen molar-refractivity contribution in [3.05, 3.63) is 40.6 Å². The summed E-state index contributed by atoms with van der Waals surface area (Å²) in [5.74, 6) is 0.595. The number of hydrogen-bond donors (Lipinski definition) is 1. The zero-order valence-corrected chi connectivity index (χ0v) is 6.95. The highest BCUT2D eigenvalue weighted by Gasteiger charge is 2.29. The third-order valence-electron chi connectivity index (χ3n) is 1.59. The molecule has 1 heterocycles. The topological polar surface area (TPSA) is 32.8 Å². The smallest absolute Gasteiger partial charge is 0.256 e. The van der Waals surface area contributed by atoms with Crippen molar-refractivity contribution < 1.29 is 9.84 Å². The third-order valence-corrected chi connectivity index (χ3v) is 1.83. The Morgan fingerprint density at radius 2 is 2.25 bits per heavy atom. The predicted molar refractivity (Wildman–Crippen MR) is 46.5 cm³/mol. The van der Waals surface area contributed by atoms with E-state index in [1.54, 1.807) is 12.1 Å².